The number of fused-ring (bicyclic) bond motifs is 4. The van der Waals surface area contributed by atoms with Crippen LogP contribution in [0.3, 0.4) is 0 Å². The summed E-state index contributed by atoms with van der Waals surface area (Å²) in [7, 11) is 0. The van der Waals surface area contributed by atoms with Crippen molar-refractivity contribution in [3.63, 3.8) is 0 Å². The molecule has 0 radical (unpaired) electrons. The fraction of sp³-hybridized carbons (Fsp3) is 0.583. The van der Waals surface area contributed by atoms with Gasteiger partial charge in [0.2, 0.25) is 0 Å². The lowest BCUT2D eigenvalue weighted by atomic mass is 9.62. The number of carbonyl (C=O) groups excluding carboxylic acids is 1. The second-order valence-electron chi connectivity index (χ2n) is 8.99. The zero-order valence-electron chi connectivity index (χ0n) is 18.5. The predicted molar refractivity (Wildman–Crippen MR) is 117 cm³/mol. The van der Waals surface area contributed by atoms with Gasteiger partial charge in [-0.15, -0.1) is 0 Å². The molecule has 1 aromatic heterocycles. The number of aromatic nitrogens is 1. The molecule has 31 heavy (non-hydrogen) atoms. The highest BCUT2D eigenvalue weighted by Gasteiger charge is 2.58. The van der Waals surface area contributed by atoms with Gasteiger partial charge in [0.1, 0.15) is 5.60 Å². The van der Waals surface area contributed by atoms with Crippen molar-refractivity contribution in [1.29, 1.82) is 0 Å². The lowest BCUT2D eigenvalue weighted by molar-refractivity contribution is -0.162. The van der Waals surface area contributed by atoms with Crippen LogP contribution in [0.15, 0.2) is 24.3 Å². The molecular formula is C24H32N2O5. The molecule has 2 saturated heterocycles. The van der Waals surface area contributed by atoms with E-state index in [4.69, 9.17) is 14.6 Å². The minimum absolute atomic E-state index is 0.0891. The Bertz CT molecular complexity index is 995. The molecule has 7 heteroatoms. The second kappa shape index (κ2) is 8.28. The summed E-state index contributed by atoms with van der Waals surface area (Å²) in [5.74, 6) is 0.131. The van der Waals surface area contributed by atoms with Gasteiger partial charge in [-0.25, -0.2) is 9.36 Å². The summed E-state index contributed by atoms with van der Waals surface area (Å²) in [6.45, 7) is 7.49. The predicted octanol–water partition coefficient (Wildman–Crippen LogP) is 3.60. The largest absolute Gasteiger partial charge is 0.481 e. The zero-order chi connectivity index (χ0) is 22.3. The summed E-state index contributed by atoms with van der Waals surface area (Å²) in [5.41, 5.74) is 1.81. The third kappa shape index (κ3) is 3.53. The van der Waals surface area contributed by atoms with Crippen LogP contribution in [0.25, 0.3) is 10.9 Å². The lowest BCUT2D eigenvalue weighted by Crippen LogP contribution is -2.64. The number of para-hydroxylation sites is 1. The molecule has 3 fully saturated rings. The van der Waals surface area contributed by atoms with E-state index < -0.39 is 11.6 Å². The third-order valence-corrected chi connectivity index (χ3v) is 7.07. The van der Waals surface area contributed by atoms with Gasteiger partial charge in [0.15, 0.2) is 0 Å². The highest BCUT2D eigenvalue weighted by Crippen LogP contribution is 2.54. The number of aliphatic hydroxyl groups is 1. The van der Waals surface area contributed by atoms with Gasteiger partial charge in [0.05, 0.1) is 17.8 Å². The van der Waals surface area contributed by atoms with Gasteiger partial charge in [-0.1, -0.05) is 31.5 Å². The number of ether oxygens (including phenoxy) is 1. The van der Waals surface area contributed by atoms with Crippen molar-refractivity contribution < 1.29 is 24.5 Å². The van der Waals surface area contributed by atoms with Crippen LogP contribution in [0, 0.1) is 11.8 Å². The number of carboxylic acid groups (broad SMARTS) is 1. The number of hydrogen-bond donors (Lipinski definition) is 2. The van der Waals surface area contributed by atoms with Gasteiger partial charge < -0.3 is 14.9 Å². The molecule has 4 heterocycles. The number of benzene rings is 1. The number of piperidine rings is 2. The van der Waals surface area contributed by atoms with Crippen LogP contribution in [0.2, 0.25) is 0 Å². The average Bonchev–Trinajstić information content (AvgIpc) is 3.02. The fourth-order valence-electron chi connectivity index (χ4n) is 6.28. The van der Waals surface area contributed by atoms with Crippen molar-refractivity contribution in [3.8, 4) is 0 Å². The number of nitrogens with zero attached hydrogens (tertiary/aromatic N) is 2. The van der Waals surface area contributed by atoms with Crippen LogP contribution in [0.4, 0.5) is 4.79 Å². The first-order valence-electron chi connectivity index (χ1n) is 11.3. The Hall–Kier alpha value is -2.38. The Kier molecular flexibility index (Phi) is 5.83. The van der Waals surface area contributed by atoms with E-state index in [1.165, 1.54) is 6.42 Å². The fourth-order valence-corrected chi connectivity index (χ4v) is 6.28. The van der Waals surface area contributed by atoms with Crippen LogP contribution in [0.5, 0.6) is 0 Å². The van der Waals surface area contributed by atoms with E-state index in [1.807, 2.05) is 25.1 Å². The lowest BCUT2D eigenvalue weighted by Gasteiger charge is -2.57. The minimum Gasteiger partial charge on any atom is -0.481 e. The molecule has 5 atom stereocenters. The molecule has 0 unspecified atom stereocenters. The molecule has 1 saturated carbocycles. The summed E-state index contributed by atoms with van der Waals surface area (Å²) in [6, 6.07) is 8.11. The van der Waals surface area contributed by atoms with Crippen LogP contribution in [-0.2, 0) is 21.6 Å². The summed E-state index contributed by atoms with van der Waals surface area (Å²) in [4.78, 5) is 24.5. The van der Waals surface area contributed by atoms with Crippen LogP contribution >= 0.6 is 0 Å². The first-order chi connectivity index (χ1) is 14.8. The maximum Gasteiger partial charge on any atom is 0.418 e. The summed E-state index contributed by atoms with van der Waals surface area (Å²) < 4.78 is 7.10. The molecule has 3 aliphatic heterocycles. The summed E-state index contributed by atoms with van der Waals surface area (Å²) in [5, 5.41) is 20.6. The Labute approximate surface area is 182 Å². The maximum absolute atomic E-state index is 13.0. The van der Waals surface area contributed by atoms with Crippen LogP contribution < -0.4 is 0 Å². The summed E-state index contributed by atoms with van der Waals surface area (Å²) in [6.07, 6.45) is 3.49. The minimum atomic E-state index is -0.987. The van der Waals surface area contributed by atoms with E-state index in [9.17, 15) is 9.90 Å². The monoisotopic (exact) mass is 428 g/mol. The Morgan fingerprint density at radius 1 is 1.26 bits per heavy atom. The van der Waals surface area contributed by atoms with Gasteiger partial charge >= 0.3 is 6.09 Å². The van der Waals surface area contributed by atoms with Crippen molar-refractivity contribution in [1.82, 2.24) is 9.47 Å². The van der Waals surface area contributed by atoms with Crippen LogP contribution in [-0.4, -0.2) is 57.5 Å². The Balaban J connectivity index is 0.000000535. The molecule has 2 N–H and O–H groups in total. The zero-order valence-corrected chi connectivity index (χ0v) is 18.5. The smallest absolute Gasteiger partial charge is 0.418 e. The molecule has 2 aromatic rings. The van der Waals surface area contributed by atoms with Gasteiger partial charge in [-0.3, -0.25) is 9.69 Å². The topological polar surface area (TPSA) is 92.0 Å². The van der Waals surface area contributed by atoms with Crippen molar-refractivity contribution in [2.45, 2.75) is 58.1 Å². The maximum atomic E-state index is 13.0. The molecule has 6 rings (SSSR count). The molecule has 7 nitrogen and oxygen atoms in total. The molecule has 168 valence electrons. The van der Waals surface area contributed by atoms with E-state index >= 15 is 0 Å². The number of hydrogen-bond acceptors (Lipinski definition) is 5. The van der Waals surface area contributed by atoms with Crippen LogP contribution in [0.1, 0.15) is 51.3 Å². The first-order valence-corrected chi connectivity index (χ1v) is 11.3. The molecule has 1 aliphatic carbocycles. The molecular weight excluding hydrogens is 396 g/mol. The van der Waals surface area contributed by atoms with Gasteiger partial charge in [-0.2, -0.15) is 0 Å². The highest BCUT2D eigenvalue weighted by atomic mass is 16.5. The van der Waals surface area contributed by atoms with Crippen molar-refractivity contribution >= 4 is 23.0 Å². The Morgan fingerprint density at radius 3 is 2.65 bits per heavy atom. The molecule has 0 amide bonds. The Morgan fingerprint density at radius 2 is 1.97 bits per heavy atom. The number of rotatable bonds is 2. The first kappa shape index (κ1) is 21.8. The molecule has 4 aliphatic rings. The average molecular weight is 429 g/mol. The summed E-state index contributed by atoms with van der Waals surface area (Å²) >= 11 is 0. The second-order valence-corrected chi connectivity index (χ2v) is 8.99. The highest BCUT2D eigenvalue weighted by molar-refractivity contribution is 5.94. The molecule has 1 aromatic carbocycles. The van der Waals surface area contributed by atoms with E-state index in [2.05, 4.69) is 17.9 Å². The number of aliphatic carboxylic acids is 1. The normalized spacial score (nSPS) is 30.7. The van der Waals surface area contributed by atoms with Crippen molar-refractivity contribution in [3.05, 3.63) is 35.5 Å². The van der Waals surface area contributed by atoms with E-state index in [1.54, 1.807) is 4.57 Å². The van der Waals surface area contributed by atoms with Crippen molar-refractivity contribution in [2.75, 3.05) is 19.7 Å². The quantitative estimate of drug-likeness (QED) is 0.759. The van der Waals surface area contributed by atoms with Crippen molar-refractivity contribution in [2.24, 2.45) is 11.8 Å². The molecule has 0 spiro atoms. The van der Waals surface area contributed by atoms with Gasteiger partial charge in [0.25, 0.3) is 5.97 Å². The molecule has 4 bridgehead atoms. The van der Waals surface area contributed by atoms with E-state index in [0.717, 1.165) is 61.4 Å². The van der Waals surface area contributed by atoms with E-state index in [-0.39, 0.29) is 12.1 Å². The number of carboxylic acids is 1. The third-order valence-electron chi connectivity index (χ3n) is 7.07. The van der Waals surface area contributed by atoms with Gasteiger partial charge in [0, 0.05) is 31.4 Å². The number of carbonyl (C=O) groups is 2. The SMILES string of the molecule is CC(=O)O.CCOC(=O)n1c2c(c3ccccc31)CC[N@@]1C[C@@H]3C[C@H](CC)[C@H]1[C@@]2(O)C3. The van der Waals surface area contributed by atoms with E-state index in [0.29, 0.717) is 18.4 Å². The standard InChI is InChI=1S/C22H28N2O3.C2H4O2/c1-3-15-11-14-12-22(26)19(15)23(13-14)10-9-17-16-7-5-6-8-18(16)24(20(17)22)21(25)27-4-2;1-2(3)4/h5-8,14-15,19,26H,3-4,9-13H2,1-2H3;1H3,(H,3,4)/t14-,15+,19+,22+;/m1./s1. The van der Waals surface area contributed by atoms with Gasteiger partial charge in [-0.05, 0) is 49.7 Å².